The van der Waals surface area contributed by atoms with Gasteiger partial charge in [-0.05, 0) is 31.5 Å². The second-order valence-electron chi connectivity index (χ2n) is 5.89. The Balaban J connectivity index is 1.77. The number of aryl methyl sites for hydroxylation is 2. The van der Waals surface area contributed by atoms with E-state index in [1.54, 1.807) is 0 Å². The van der Waals surface area contributed by atoms with Gasteiger partial charge in [-0.2, -0.15) is 0 Å². The molecule has 24 heavy (non-hydrogen) atoms. The number of carbonyl (C=O) groups is 1. The molecule has 0 aromatic heterocycles. The van der Waals surface area contributed by atoms with Gasteiger partial charge >= 0.3 is 0 Å². The van der Waals surface area contributed by atoms with Crippen LogP contribution in [0, 0.1) is 13.8 Å². The van der Waals surface area contributed by atoms with Gasteiger partial charge in [0.1, 0.15) is 5.03 Å². The maximum atomic E-state index is 12.4. The zero-order valence-electron chi connectivity index (χ0n) is 13.5. The summed E-state index contributed by atoms with van der Waals surface area (Å²) in [6.45, 7) is 4.35. The van der Waals surface area contributed by atoms with E-state index in [0.29, 0.717) is 11.4 Å². The topological polar surface area (TPSA) is 40.5 Å². The summed E-state index contributed by atoms with van der Waals surface area (Å²) in [7, 11) is 0. The van der Waals surface area contributed by atoms with E-state index in [4.69, 9.17) is 11.6 Å². The molecule has 0 fully saturated rings. The van der Waals surface area contributed by atoms with Crippen LogP contribution in [0.1, 0.15) is 16.7 Å². The molecule has 0 spiro atoms. The first kappa shape index (κ1) is 17.1. The van der Waals surface area contributed by atoms with Crippen LogP contribution in [0.2, 0.25) is 0 Å². The zero-order valence-corrected chi connectivity index (χ0v) is 15.1. The summed E-state index contributed by atoms with van der Waals surface area (Å²) in [5, 5.41) is 10.7. The van der Waals surface area contributed by atoms with Crippen LogP contribution in [0.3, 0.4) is 0 Å². The number of nitrogens with zero attached hydrogens (tertiary/aromatic N) is 1. The lowest BCUT2D eigenvalue weighted by Gasteiger charge is -2.22. The SMILES string of the molecule is Cc1ccc(CN2C(=O)C(Cl)=C(Sc3ccc(C)cc3)[C@H]2O)cc1. The van der Waals surface area contributed by atoms with E-state index in [1.807, 2.05) is 62.4 Å². The smallest absolute Gasteiger partial charge is 0.268 e. The lowest BCUT2D eigenvalue weighted by Crippen LogP contribution is -2.34. The first-order chi connectivity index (χ1) is 11.5. The van der Waals surface area contributed by atoms with Gasteiger partial charge in [0, 0.05) is 11.4 Å². The molecule has 2 aromatic rings. The van der Waals surface area contributed by atoms with Crippen LogP contribution in [-0.2, 0) is 11.3 Å². The van der Waals surface area contributed by atoms with Crippen LogP contribution in [0.25, 0.3) is 0 Å². The number of hydrogen-bond donors (Lipinski definition) is 1. The maximum Gasteiger partial charge on any atom is 0.268 e. The third-order valence-electron chi connectivity index (χ3n) is 3.92. The molecule has 0 unspecified atom stereocenters. The molecule has 1 aliphatic rings. The third-order valence-corrected chi connectivity index (χ3v) is 5.54. The number of carbonyl (C=O) groups excluding carboxylic acids is 1. The number of amides is 1. The average Bonchev–Trinajstić information content (AvgIpc) is 2.76. The second-order valence-corrected chi connectivity index (χ2v) is 7.38. The van der Waals surface area contributed by atoms with Crippen LogP contribution < -0.4 is 0 Å². The molecule has 1 heterocycles. The number of benzene rings is 2. The van der Waals surface area contributed by atoms with Crippen LogP contribution in [0.15, 0.2) is 63.4 Å². The minimum Gasteiger partial charge on any atom is -0.369 e. The molecule has 2 aromatic carbocycles. The van der Waals surface area contributed by atoms with Crippen molar-refractivity contribution in [2.45, 2.75) is 31.5 Å². The molecule has 3 nitrogen and oxygen atoms in total. The molecule has 0 saturated heterocycles. The highest BCUT2D eigenvalue weighted by molar-refractivity contribution is 8.03. The monoisotopic (exact) mass is 359 g/mol. The lowest BCUT2D eigenvalue weighted by atomic mass is 10.1. The molecule has 0 bridgehead atoms. The van der Waals surface area contributed by atoms with Gasteiger partial charge in [-0.25, -0.2) is 0 Å². The largest absolute Gasteiger partial charge is 0.369 e. The number of aliphatic hydroxyl groups is 1. The Bertz CT molecular complexity index is 784. The second kappa shape index (κ2) is 7.01. The zero-order chi connectivity index (χ0) is 17.3. The summed E-state index contributed by atoms with van der Waals surface area (Å²) in [6, 6.07) is 15.8. The molecule has 124 valence electrons. The molecule has 5 heteroatoms. The van der Waals surface area contributed by atoms with Crippen molar-refractivity contribution in [3.63, 3.8) is 0 Å². The Labute approximate surface area is 150 Å². The molecule has 0 aliphatic carbocycles. The van der Waals surface area contributed by atoms with Gasteiger partial charge in [-0.15, -0.1) is 0 Å². The fourth-order valence-electron chi connectivity index (χ4n) is 2.48. The first-order valence-electron chi connectivity index (χ1n) is 7.64. The molecular formula is C19H18ClNO2S. The Morgan fingerprint density at radius 2 is 1.58 bits per heavy atom. The summed E-state index contributed by atoms with van der Waals surface area (Å²) in [5.41, 5.74) is 3.27. The highest BCUT2D eigenvalue weighted by atomic mass is 35.5. The van der Waals surface area contributed by atoms with Gasteiger partial charge in [0.25, 0.3) is 5.91 Å². The molecule has 1 atom stereocenters. The molecule has 3 rings (SSSR count). The molecule has 1 N–H and O–H groups in total. The van der Waals surface area contributed by atoms with E-state index in [2.05, 4.69) is 0 Å². The van der Waals surface area contributed by atoms with Crippen LogP contribution in [-0.4, -0.2) is 22.1 Å². The van der Waals surface area contributed by atoms with Gasteiger partial charge in [-0.1, -0.05) is 70.9 Å². The van der Waals surface area contributed by atoms with Crippen molar-refractivity contribution in [1.82, 2.24) is 4.90 Å². The van der Waals surface area contributed by atoms with Gasteiger partial charge in [0.2, 0.25) is 0 Å². The summed E-state index contributed by atoms with van der Waals surface area (Å²) in [5.74, 6) is -0.334. The fraction of sp³-hybridized carbons (Fsp3) is 0.211. The van der Waals surface area contributed by atoms with E-state index in [9.17, 15) is 9.90 Å². The predicted octanol–water partition coefficient (Wildman–Crippen LogP) is 4.21. The van der Waals surface area contributed by atoms with Crippen molar-refractivity contribution in [3.05, 3.63) is 75.2 Å². The number of rotatable bonds is 4. The number of aliphatic hydroxyl groups excluding tert-OH is 1. The van der Waals surface area contributed by atoms with Crippen molar-refractivity contribution in [2.75, 3.05) is 0 Å². The first-order valence-corrected chi connectivity index (χ1v) is 8.84. The van der Waals surface area contributed by atoms with Gasteiger partial charge in [-0.3, -0.25) is 4.79 Å². The van der Waals surface area contributed by atoms with Crippen molar-refractivity contribution >= 4 is 29.3 Å². The van der Waals surface area contributed by atoms with Crippen molar-refractivity contribution < 1.29 is 9.90 Å². The van der Waals surface area contributed by atoms with Gasteiger partial charge in [0.05, 0.1) is 4.91 Å². The van der Waals surface area contributed by atoms with E-state index >= 15 is 0 Å². The van der Waals surface area contributed by atoms with E-state index in [0.717, 1.165) is 21.6 Å². The summed E-state index contributed by atoms with van der Waals surface area (Å²) in [6.07, 6.45) is -1.02. The standard InChI is InChI=1S/C19H18ClNO2S/c1-12-3-7-14(8-4-12)11-21-18(22)16(20)17(19(21)23)24-15-9-5-13(2)6-10-15/h3-10,19,23H,11H2,1-2H3/t19-/m1/s1. The van der Waals surface area contributed by atoms with Crippen molar-refractivity contribution in [2.24, 2.45) is 0 Å². The summed E-state index contributed by atoms with van der Waals surface area (Å²) < 4.78 is 0. The number of halogens is 1. The van der Waals surface area contributed by atoms with Gasteiger partial charge < -0.3 is 10.0 Å². The van der Waals surface area contributed by atoms with Gasteiger partial charge in [0.15, 0.2) is 6.23 Å². The van der Waals surface area contributed by atoms with E-state index in [1.165, 1.54) is 16.7 Å². The average molecular weight is 360 g/mol. The highest BCUT2D eigenvalue weighted by Crippen LogP contribution is 2.39. The lowest BCUT2D eigenvalue weighted by molar-refractivity contribution is -0.132. The van der Waals surface area contributed by atoms with Crippen molar-refractivity contribution in [3.8, 4) is 0 Å². The summed E-state index contributed by atoms with van der Waals surface area (Å²) >= 11 is 7.53. The Morgan fingerprint density at radius 1 is 1.04 bits per heavy atom. The van der Waals surface area contributed by atoms with Crippen LogP contribution >= 0.6 is 23.4 Å². The third kappa shape index (κ3) is 3.51. The quantitative estimate of drug-likeness (QED) is 0.889. The van der Waals surface area contributed by atoms with E-state index in [-0.39, 0.29) is 10.9 Å². The molecule has 0 saturated carbocycles. The Kier molecular flexibility index (Phi) is 4.99. The summed E-state index contributed by atoms with van der Waals surface area (Å²) in [4.78, 5) is 15.2. The van der Waals surface area contributed by atoms with E-state index < -0.39 is 6.23 Å². The number of thioether (sulfide) groups is 1. The number of hydrogen-bond acceptors (Lipinski definition) is 3. The molecular weight excluding hydrogens is 342 g/mol. The minimum atomic E-state index is -1.02. The predicted molar refractivity (Wildman–Crippen MR) is 97.7 cm³/mol. The molecule has 0 radical (unpaired) electrons. The van der Waals surface area contributed by atoms with Crippen molar-refractivity contribution in [1.29, 1.82) is 0 Å². The minimum absolute atomic E-state index is 0.0974. The van der Waals surface area contributed by atoms with Crippen LogP contribution in [0.4, 0.5) is 0 Å². The van der Waals surface area contributed by atoms with Crippen LogP contribution in [0.5, 0.6) is 0 Å². The highest BCUT2D eigenvalue weighted by Gasteiger charge is 2.37. The normalized spacial score (nSPS) is 17.8. The Hall–Kier alpha value is -1.75. The fourth-order valence-corrected chi connectivity index (χ4v) is 3.73. The molecule has 1 aliphatic heterocycles. The maximum absolute atomic E-state index is 12.4. The molecule has 1 amide bonds. The Morgan fingerprint density at radius 3 is 2.17 bits per heavy atom.